The summed E-state index contributed by atoms with van der Waals surface area (Å²) in [7, 11) is 0. The van der Waals surface area contributed by atoms with Crippen LogP contribution in [0.1, 0.15) is 35.8 Å². The number of rotatable bonds is 4. The zero-order valence-corrected chi connectivity index (χ0v) is 14.8. The van der Waals surface area contributed by atoms with Crippen molar-refractivity contribution in [1.82, 2.24) is 14.8 Å². The minimum Gasteiger partial charge on any atom is -0.457 e. The molecule has 25 heavy (non-hydrogen) atoms. The van der Waals surface area contributed by atoms with Crippen LogP contribution < -0.4 is 0 Å². The highest BCUT2D eigenvalue weighted by Gasteiger charge is 2.13. The highest BCUT2D eigenvalue weighted by Crippen LogP contribution is 2.26. The number of esters is 1. The molecule has 3 heterocycles. The molecule has 0 atom stereocenters. The quantitative estimate of drug-likeness (QED) is 0.505. The van der Waals surface area contributed by atoms with Gasteiger partial charge in [-0.25, -0.2) is 14.5 Å². The lowest BCUT2D eigenvalue weighted by atomic mass is 10.2. The lowest BCUT2D eigenvalue weighted by Gasteiger charge is -2.07. The third-order valence-electron chi connectivity index (χ3n) is 4.08. The monoisotopic (exact) mass is 351 g/mol. The Morgan fingerprint density at radius 2 is 2.12 bits per heavy atom. The van der Waals surface area contributed by atoms with Gasteiger partial charge >= 0.3 is 5.97 Å². The number of benzene rings is 1. The molecular formula is C19H17N3O2S. The van der Waals surface area contributed by atoms with Gasteiger partial charge in [0.05, 0.1) is 11.8 Å². The van der Waals surface area contributed by atoms with Crippen LogP contribution >= 0.6 is 11.3 Å². The van der Waals surface area contributed by atoms with Crippen LogP contribution in [-0.4, -0.2) is 20.7 Å². The Bertz CT molecular complexity index is 1060. The number of hydrogen-bond acceptors (Lipinski definition) is 5. The summed E-state index contributed by atoms with van der Waals surface area (Å²) < 4.78 is 8.51. The van der Waals surface area contributed by atoms with Gasteiger partial charge in [0.25, 0.3) is 0 Å². The number of aromatic nitrogens is 3. The molecule has 126 valence electrons. The van der Waals surface area contributed by atoms with Crippen LogP contribution in [0.3, 0.4) is 0 Å². The molecule has 0 aliphatic heterocycles. The first-order valence-electron chi connectivity index (χ1n) is 8.09. The van der Waals surface area contributed by atoms with Crippen molar-refractivity contribution in [3.63, 3.8) is 0 Å². The molecule has 0 aliphatic carbocycles. The molecule has 0 unspecified atom stereocenters. The second kappa shape index (κ2) is 6.29. The lowest BCUT2D eigenvalue weighted by Crippen LogP contribution is -2.07. The van der Waals surface area contributed by atoms with E-state index < -0.39 is 0 Å². The van der Waals surface area contributed by atoms with Crippen molar-refractivity contribution in [2.24, 2.45) is 0 Å². The van der Waals surface area contributed by atoms with Crippen LogP contribution in [0, 0.1) is 0 Å². The maximum atomic E-state index is 12.4. The summed E-state index contributed by atoms with van der Waals surface area (Å²) >= 11 is 1.65. The van der Waals surface area contributed by atoms with Crippen molar-refractivity contribution in [3.8, 4) is 0 Å². The normalized spacial score (nSPS) is 11.5. The molecule has 0 fully saturated rings. The van der Waals surface area contributed by atoms with Gasteiger partial charge in [-0.1, -0.05) is 18.2 Å². The summed E-state index contributed by atoms with van der Waals surface area (Å²) in [6, 6.07) is 10.1. The summed E-state index contributed by atoms with van der Waals surface area (Å²) in [5.41, 5.74) is 2.24. The van der Waals surface area contributed by atoms with E-state index in [-0.39, 0.29) is 18.6 Å². The van der Waals surface area contributed by atoms with Crippen LogP contribution in [0.25, 0.3) is 21.1 Å². The van der Waals surface area contributed by atoms with Crippen molar-refractivity contribution in [1.29, 1.82) is 0 Å². The molecule has 3 aromatic heterocycles. The Morgan fingerprint density at radius 1 is 1.28 bits per heavy atom. The van der Waals surface area contributed by atoms with Crippen molar-refractivity contribution in [2.45, 2.75) is 26.5 Å². The van der Waals surface area contributed by atoms with Gasteiger partial charge in [-0.15, -0.1) is 11.3 Å². The van der Waals surface area contributed by atoms with Crippen LogP contribution in [0.2, 0.25) is 0 Å². The fourth-order valence-electron chi connectivity index (χ4n) is 2.80. The van der Waals surface area contributed by atoms with E-state index in [0.29, 0.717) is 5.56 Å². The molecular weight excluding hydrogens is 334 g/mol. The molecule has 0 N–H and O–H groups in total. The SMILES string of the molecule is CC(C)n1ncc2cc(C(=O)OCc3csc4ccccc34)cnc21. The average molecular weight is 351 g/mol. The Kier molecular flexibility index (Phi) is 3.97. The fourth-order valence-corrected chi connectivity index (χ4v) is 3.75. The molecule has 0 radical (unpaired) electrons. The predicted octanol–water partition coefficient (Wildman–Crippen LogP) is 4.58. The summed E-state index contributed by atoms with van der Waals surface area (Å²) in [5, 5.41) is 8.32. The summed E-state index contributed by atoms with van der Waals surface area (Å²) in [6.07, 6.45) is 3.28. The van der Waals surface area contributed by atoms with Gasteiger partial charge in [-0.2, -0.15) is 5.10 Å². The standard InChI is InChI=1S/C19H17N3O2S/c1-12(2)22-18-13(9-21-22)7-14(8-20-18)19(23)24-10-15-11-25-17-6-4-3-5-16(15)17/h3-9,11-12H,10H2,1-2H3. The van der Waals surface area contributed by atoms with Gasteiger partial charge < -0.3 is 4.74 Å². The number of nitrogens with zero attached hydrogens (tertiary/aromatic N) is 3. The molecule has 4 rings (SSSR count). The largest absolute Gasteiger partial charge is 0.457 e. The Hall–Kier alpha value is -2.73. The van der Waals surface area contributed by atoms with Gasteiger partial charge in [-0.05, 0) is 36.7 Å². The number of hydrogen-bond donors (Lipinski definition) is 0. The molecule has 6 heteroatoms. The van der Waals surface area contributed by atoms with Crippen LogP contribution in [0.15, 0.2) is 48.1 Å². The maximum absolute atomic E-state index is 12.4. The highest BCUT2D eigenvalue weighted by atomic mass is 32.1. The second-order valence-corrected chi connectivity index (χ2v) is 7.06. The highest BCUT2D eigenvalue weighted by molar-refractivity contribution is 7.17. The van der Waals surface area contributed by atoms with Crippen molar-refractivity contribution < 1.29 is 9.53 Å². The third kappa shape index (κ3) is 2.89. The molecule has 0 bridgehead atoms. The number of ether oxygens (including phenoxy) is 1. The lowest BCUT2D eigenvalue weighted by molar-refractivity contribution is 0.0474. The van der Waals surface area contributed by atoms with Gasteiger partial charge in [-0.3, -0.25) is 0 Å². The van der Waals surface area contributed by atoms with Gasteiger partial charge in [0.1, 0.15) is 6.61 Å². The minimum atomic E-state index is -0.373. The van der Waals surface area contributed by atoms with Crippen molar-refractivity contribution >= 4 is 38.4 Å². The Labute approximate surface area is 148 Å². The third-order valence-corrected chi connectivity index (χ3v) is 5.09. The Balaban J connectivity index is 1.54. The molecule has 0 saturated heterocycles. The first kappa shape index (κ1) is 15.8. The van der Waals surface area contributed by atoms with Gasteiger partial charge in [0.2, 0.25) is 0 Å². The smallest absolute Gasteiger partial charge is 0.340 e. The number of thiophene rings is 1. The van der Waals surface area contributed by atoms with E-state index >= 15 is 0 Å². The zero-order valence-electron chi connectivity index (χ0n) is 14.0. The molecule has 0 aliphatic rings. The molecule has 0 saturated carbocycles. The number of carbonyl (C=O) groups excluding carboxylic acids is 1. The van der Waals surface area contributed by atoms with Crippen LogP contribution in [0.5, 0.6) is 0 Å². The number of carbonyl (C=O) groups is 1. The van der Waals surface area contributed by atoms with E-state index in [9.17, 15) is 4.79 Å². The second-order valence-electron chi connectivity index (χ2n) is 6.15. The molecule has 5 nitrogen and oxygen atoms in total. The predicted molar refractivity (Wildman–Crippen MR) is 98.9 cm³/mol. The molecule has 0 spiro atoms. The maximum Gasteiger partial charge on any atom is 0.340 e. The molecule has 4 aromatic rings. The first-order valence-corrected chi connectivity index (χ1v) is 8.97. The van der Waals surface area contributed by atoms with E-state index in [1.54, 1.807) is 29.8 Å². The van der Waals surface area contributed by atoms with E-state index in [4.69, 9.17) is 4.74 Å². The van der Waals surface area contributed by atoms with Gasteiger partial charge in [0, 0.05) is 27.9 Å². The molecule has 0 amide bonds. The van der Waals surface area contributed by atoms with E-state index in [1.807, 2.05) is 42.1 Å². The van der Waals surface area contributed by atoms with Gasteiger partial charge in [0.15, 0.2) is 5.65 Å². The van der Waals surface area contributed by atoms with E-state index in [0.717, 1.165) is 22.0 Å². The van der Waals surface area contributed by atoms with E-state index in [2.05, 4.69) is 16.1 Å². The first-order chi connectivity index (χ1) is 12.1. The summed E-state index contributed by atoms with van der Waals surface area (Å²) in [5.74, 6) is -0.373. The Morgan fingerprint density at radius 3 is 2.96 bits per heavy atom. The average Bonchev–Trinajstić information content (AvgIpc) is 3.23. The number of fused-ring (bicyclic) bond motifs is 2. The topological polar surface area (TPSA) is 57.0 Å². The summed E-state index contributed by atoms with van der Waals surface area (Å²) in [6.45, 7) is 4.34. The van der Waals surface area contributed by atoms with Crippen molar-refractivity contribution in [2.75, 3.05) is 0 Å². The zero-order chi connectivity index (χ0) is 17.4. The van der Waals surface area contributed by atoms with Crippen molar-refractivity contribution in [3.05, 3.63) is 59.2 Å². The fraction of sp³-hybridized carbons (Fsp3) is 0.211. The van der Waals surface area contributed by atoms with Crippen LogP contribution in [0.4, 0.5) is 0 Å². The van der Waals surface area contributed by atoms with E-state index in [1.165, 1.54) is 4.70 Å². The minimum absolute atomic E-state index is 0.217. The molecule has 1 aromatic carbocycles. The number of pyridine rings is 1. The van der Waals surface area contributed by atoms with Crippen LogP contribution in [-0.2, 0) is 11.3 Å². The summed E-state index contributed by atoms with van der Waals surface area (Å²) in [4.78, 5) is 16.8.